The lowest BCUT2D eigenvalue weighted by Gasteiger charge is -2.17. The predicted octanol–water partition coefficient (Wildman–Crippen LogP) is 2.77. The topological polar surface area (TPSA) is 47.4 Å². The first-order chi connectivity index (χ1) is 11.7. The molecule has 0 radical (unpaired) electrons. The highest BCUT2D eigenvalue weighted by Crippen LogP contribution is 2.30. The molecule has 0 unspecified atom stereocenters. The minimum atomic E-state index is 0.225. The molecule has 1 aliphatic heterocycles. The van der Waals surface area contributed by atoms with Gasteiger partial charge >= 0.3 is 0 Å². The Morgan fingerprint density at radius 1 is 1.38 bits per heavy atom. The highest BCUT2D eigenvalue weighted by Gasteiger charge is 2.29. The molecule has 0 aliphatic carbocycles. The molecule has 2 heterocycles. The van der Waals surface area contributed by atoms with Gasteiger partial charge in [-0.1, -0.05) is 18.2 Å². The van der Waals surface area contributed by atoms with E-state index in [1.807, 2.05) is 29.4 Å². The molecular formula is C18H23N3O2S. The van der Waals surface area contributed by atoms with E-state index in [-0.39, 0.29) is 5.91 Å². The average Bonchev–Trinajstić information content (AvgIpc) is 3.19. The van der Waals surface area contributed by atoms with Crippen molar-refractivity contribution in [2.45, 2.75) is 17.9 Å². The molecule has 0 bridgehead atoms. The summed E-state index contributed by atoms with van der Waals surface area (Å²) in [5, 5.41) is 0. The highest BCUT2D eigenvalue weighted by atomic mass is 32.2. The molecular weight excluding hydrogens is 322 g/mol. The quantitative estimate of drug-likeness (QED) is 0.724. The van der Waals surface area contributed by atoms with E-state index in [0.29, 0.717) is 25.5 Å². The van der Waals surface area contributed by atoms with Crippen LogP contribution in [-0.4, -0.2) is 53.4 Å². The van der Waals surface area contributed by atoms with Crippen molar-refractivity contribution in [1.82, 2.24) is 14.5 Å². The van der Waals surface area contributed by atoms with E-state index in [0.717, 1.165) is 24.5 Å². The van der Waals surface area contributed by atoms with E-state index >= 15 is 0 Å². The van der Waals surface area contributed by atoms with Gasteiger partial charge in [0.25, 0.3) is 0 Å². The number of likely N-dealkylation sites (tertiary alicyclic amines) is 1. The van der Waals surface area contributed by atoms with Gasteiger partial charge in [0.1, 0.15) is 5.82 Å². The Balaban J connectivity index is 1.74. The zero-order valence-corrected chi connectivity index (χ0v) is 15.0. The maximum atomic E-state index is 12.1. The summed E-state index contributed by atoms with van der Waals surface area (Å²) in [5.74, 6) is 1.52. The lowest BCUT2D eigenvalue weighted by Crippen LogP contribution is -2.29. The summed E-state index contributed by atoms with van der Waals surface area (Å²) < 4.78 is 7.26. The summed E-state index contributed by atoms with van der Waals surface area (Å²) in [6, 6.07) is 8.31. The molecule has 6 heteroatoms. The van der Waals surface area contributed by atoms with Crippen LogP contribution < -0.4 is 0 Å². The molecule has 1 aliphatic rings. The minimum Gasteiger partial charge on any atom is -0.383 e. The summed E-state index contributed by atoms with van der Waals surface area (Å²) in [6.45, 7) is 2.88. The third-order valence-corrected chi connectivity index (χ3v) is 5.17. The second-order valence-corrected chi connectivity index (χ2v) is 6.85. The van der Waals surface area contributed by atoms with E-state index in [2.05, 4.69) is 27.9 Å². The molecule has 128 valence electrons. The van der Waals surface area contributed by atoms with E-state index in [9.17, 15) is 4.79 Å². The molecule has 2 aromatic rings. The maximum Gasteiger partial charge on any atom is 0.223 e. The van der Waals surface area contributed by atoms with Crippen LogP contribution in [0.4, 0.5) is 0 Å². The number of benzene rings is 1. The van der Waals surface area contributed by atoms with Gasteiger partial charge in [0.15, 0.2) is 0 Å². The number of hydrogen-bond acceptors (Lipinski definition) is 4. The Kier molecular flexibility index (Phi) is 5.58. The first-order valence-electron chi connectivity index (χ1n) is 8.14. The van der Waals surface area contributed by atoms with Gasteiger partial charge in [-0.2, -0.15) is 0 Å². The maximum absolute atomic E-state index is 12.1. The number of carbonyl (C=O) groups is 1. The second-order valence-electron chi connectivity index (χ2n) is 6.01. The van der Waals surface area contributed by atoms with Gasteiger partial charge in [-0.25, -0.2) is 4.98 Å². The number of aromatic nitrogens is 2. The van der Waals surface area contributed by atoms with Crippen molar-refractivity contribution < 1.29 is 9.53 Å². The number of nitrogens with zero attached hydrogens (tertiary/aromatic N) is 3. The van der Waals surface area contributed by atoms with Crippen LogP contribution in [0.1, 0.15) is 6.42 Å². The first kappa shape index (κ1) is 17.0. The van der Waals surface area contributed by atoms with E-state index in [1.165, 1.54) is 4.90 Å². The van der Waals surface area contributed by atoms with Gasteiger partial charge in [-0.05, 0) is 12.3 Å². The van der Waals surface area contributed by atoms with Crippen molar-refractivity contribution in [1.29, 1.82) is 0 Å². The lowest BCUT2D eigenvalue weighted by atomic mass is 10.1. The molecule has 1 fully saturated rings. The normalized spacial score (nSPS) is 17.7. The number of hydrogen-bond donors (Lipinski definition) is 0. The van der Waals surface area contributed by atoms with Gasteiger partial charge in [0.05, 0.1) is 6.61 Å². The van der Waals surface area contributed by atoms with Gasteiger partial charge in [-0.3, -0.25) is 4.79 Å². The number of thioether (sulfide) groups is 1. The first-order valence-corrected chi connectivity index (χ1v) is 9.36. The Bertz CT molecular complexity index is 701. The SMILES string of the molecule is COCCN1C[C@H](Cn2ccnc2-c2ccccc2SC)CC1=O. The number of methoxy groups -OCH3 is 1. The molecule has 1 amide bonds. The molecule has 0 spiro atoms. The standard InChI is InChI=1S/C18H23N3O2S/c1-23-10-9-20-12-14(11-17(20)22)13-21-8-7-19-18(21)15-5-3-4-6-16(15)24-2/h3-8,14H,9-13H2,1-2H3/t14-/m1/s1. The zero-order valence-electron chi connectivity index (χ0n) is 14.1. The number of rotatable bonds is 7. The summed E-state index contributed by atoms with van der Waals surface area (Å²) >= 11 is 1.73. The number of carbonyl (C=O) groups excluding carboxylic acids is 1. The van der Waals surface area contributed by atoms with Crippen molar-refractivity contribution in [3.63, 3.8) is 0 Å². The zero-order chi connectivity index (χ0) is 16.9. The van der Waals surface area contributed by atoms with Crippen LogP contribution in [0, 0.1) is 5.92 Å². The molecule has 0 saturated carbocycles. The monoisotopic (exact) mass is 345 g/mol. The Morgan fingerprint density at radius 2 is 2.21 bits per heavy atom. The van der Waals surface area contributed by atoms with Crippen molar-refractivity contribution in [3.8, 4) is 11.4 Å². The number of ether oxygens (including phenoxy) is 1. The molecule has 5 nitrogen and oxygen atoms in total. The third-order valence-electron chi connectivity index (χ3n) is 4.38. The van der Waals surface area contributed by atoms with Crippen molar-refractivity contribution in [2.75, 3.05) is 33.1 Å². The fraction of sp³-hybridized carbons (Fsp3) is 0.444. The van der Waals surface area contributed by atoms with Crippen LogP contribution in [-0.2, 0) is 16.1 Å². The van der Waals surface area contributed by atoms with Crippen LogP contribution in [0.5, 0.6) is 0 Å². The Morgan fingerprint density at radius 3 is 3.00 bits per heavy atom. The second kappa shape index (κ2) is 7.85. The largest absolute Gasteiger partial charge is 0.383 e. The molecule has 1 aromatic carbocycles. The Labute approximate surface area is 147 Å². The summed E-state index contributed by atoms with van der Waals surface area (Å²) in [6.07, 6.45) is 6.53. The molecule has 1 atom stereocenters. The highest BCUT2D eigenvalue weighted by molar-refractivity contribution is 7.98. The van der Waals surface area contributed by atoms with Crippen LogP contribution >= 0.6 is 11.8 Å². The van der Waals surface area contributed by atoms with Crippen molar-refractivity contribution in [2.24, 2.45) is 5.92 Å². The number of imidazole rings is 1. The molecule has 0 N–H and O–H groups in total. The molecule has 3 rings (SSSR count). The van der Waals surface area contributed by atoms with Crippen molar-refractivity contribution >= 4 is 17.7 Å². The predicted molar refractivity (Wildman–Crippen MR) is 96.0 cm³/mol. The average molecular weight is 345 g/mol. The fourth-order valence-electron chi connectivity index (χ4n) is 3.20. The van der Waals surface area contributed by atoms with Gasteiger partial charge in [0, 0.05) is 61.9 Å². The van der Waals surface area contributed by atoms with Crippen LogP contribution in [0.3, 0.4) is 0 Å². The number of amides is 1. The van der Waals surface area contributed by atoms with Crippen LogP contribution in [0.15, 0.2) is 41.6 Å². The molecule has 1 aromatic heterocycles. The van der Waals surface area contributed by atoms with Gasteiger partial charge in [0.2, 0.25) is 5.91 Å². The summed E-state index contributed by atoms with van der Waals surface area (Å²) in [4.78, 5) is 19.8. The smallest absolute Gasteiger partial charge is 0.223 e. The fourth-order valence-corrected chi connectivity index (χ4v) is 3.80. The summed E-state index contributed by atoms with van der Waals surface area (Å²) in [7, 11) is 1.67. The lowest BCUT2D eigenvalue weighted by molar-refractivity contribution is -0.128. The van der Waals surface area contributed by atoms with Gasteiger partial charge in [-0.15, -0.1) is 11.8 Å². The molecule has 24 heavy (non-hydrogen) atoms. The van der Waals surface area contributed by atoms with Crippen LogP contribution in [0.25, 0.3) is 11.4 Å². The summed E-state index contributed by atoms with van der Waals surface area (Å²) in [5.41, 5.74) is 1.15. The van der Waals surface area contributed by atoms with E-state index < -0.39 is 0 Å². The minimum absolute atomic E-state index is 0.225. The van der Waals surface area contributed by atoms with Gasteiger partial charge < -0.3 is 14.2 Å². The van der Waals surface area contributed by atoms with Crippen molar-refractivity contribution in [3.05, 3.63) is 36.7 Å². The Hall–Kier alpha value is -1.79. The van der Waals surface area contributed by atoms with E-state index in [1.54, 1.807) is 18.9 Å². The third kappa shape index (κ3) is 3.65. The van der Waals surface area contributed by atoms with E-state index in [4.69, 9.17) is 4.74 Å². The molecule has 1 saturated heterocycles. The van der Waals surface area contributed by atoms with Crippen LogP contribution in [0.2, 0.25) is 0 Å².